The molecule has 7 heteroatoms. The van der Waals surface area contributed by atoms with Crippen LogP contribution in [0.1, 0.15) is 18.4 Å². The first kappa shape index (κ1) is 22.3. The van der Waals surface area contributed by atoms with E-state index in [1.54, 1.807) is 18.2 Å². The number of aromatic hydroxyl groups is 1. The van der Waals surface area contributed by atoms with Gasteiger partial charge in [0.25, 0.3) is 0 Å². The average molecular weight is 459 g/mol. The van der Waals surface area contributed by atoms with Crippen molar-refractivity contribution in [3.05, 3.63) is 66.2 Å². The third-order valence-electron chi connectivity index (χ3n) is 6.78. The van der Waals surface area contributed by atoms with Crippen LogP contribution in [0.2, 0.25) is 0 Å². The van der Waals surface area contributed by atoms with E-state index >= 15 is 0 Å². The van der Waals surface area contributed by atoms with Crippen molar-refractivity contribution in [2.24, 2.45) is 7.05 Å². The Hall–Kier alpha value is -3.55. The smallest absolute Gasteiger partial charge is 0.238 e. The van der Waals surface area contributed by atoms with Gasteiger partial charge in [0.05, 0.1) is 13.2 Å². The number of carbonyl (C=O) groups excluding carboxylic acids is 1. The number of carbonyl (C=O) groups is 1. The van der Waals surface area contributed by atoms with E-state index in [-0.39, 0.29) is 24.3 Å². The summed E-state index contributed by atoms with van der Waals surface area (Å²) in [6, 6.07) is 19.6. The number of phenolic OH excluding ortho intramolecular Hbond substituents is 1. The molecule has 1 aliphatic heterocycles. The highest BCUT2D eigenvalue weighted by Gasteiger charge is 2.22. The predicted octanol–water partition coefficient (Wildman–Crippen LogP) is 4.04. The number of aliphatic hydroxyl groups excluding tert-OH is 1. The summed E-state index contributed by atoms with van der Waals surface area (Å²) in [6.07, 6.45) is 1.77. The van der Waals surface area contributed by atoms with Gasteiger partial charge in [-0.25, -0.2) is 0 Å². The molecule has 2 heterocycles. The minimum Gasteiger partial charge on any atom is -0.508 e. The van der Waals surface area contributed by atoms with E-state index in [0.717, 1.165) is 53.8 Å². The van der Waals surface area contributed by atoms with Crippen LogP contribution in [-0.2, 0) is 18.4 Å². The van der Waals surface area contributed by atoms with Gasteiger partial charge in [0.2, 0.25) is 5.91 Å². The molecule has 0 unspecified atom stereocenters. The van der Waals surface area contributed by atoms with E-state index in [4.69, 9.17) is 0 Å². The fourth-order valence-corrected chi connectivity index (χ4v) is 4.94. The van der Waals surface area contributed by atoms with Gasteiger partial charge in [0.15, 0.2) is 0 Å². The number of anilines is 2. The molecule has 0 radical (unpaired) electrons. The van der Waals surface area contributed by atoms with Crippen molar-refractivity contribution in [3.63, 3.8) is 0 Å². The summed E-state index contributed by atoms with van der Waals surface area (Å²) in [4.78, 5) is 14.9. The molecule has 1 fully saturated rings. The van der Waals surface area contributed by atoms with Crippen LogP contribution in [0.3, 0.4) is 0 Å². The number of amides is 1. The predicted molar refractivity (Wildman–Crippen MR) is 136 cm³/mol. The van der Waals surface area contributed by atoms with Gasteiger partial charge >= 0.3 is 0 Å². The summed E-state index contributed by atoms with van der Waals surface area (Å²) in [6.45, 7) is 1.89. The monoisotopic (exact) mass is 458 g/mol. The van der Waals surface area contributed by atoms with Gasteiger partial charge < -0.3 is 25.4 Å². The lowest BCUT2D eigenvalue weighted by Crippen LogP contribution is -2.42. The first-order valence-electron chi connectivity index (χ1n) is 11.7. The molecule has 176 valence electrons. The molecule has 1 aliphatic rings. The van der Waals surface area contributed by atoms with Crippen molar-refractivity contribution in [3.8, 4) is 5.75 Å². The van der Waals surface area contributed by atoms with Gasteiger partial charge in [-0.2, -0.15) is 0 Å². The fourth-order valence-electron chi connectivity index (χ4n) is 4.94. The maximum absolute atomic E-state index is 12.7. The van der Waals surface area contributed by atoms with E-state index in [1.807, 2.05) is 18.2 Å². The molecule has 0 spiro atoms. The number of likely N-dealkylation sites (tertiary alicyclic amines) is 1. The van der Waals surface area contributed by atoms with Crippen LogP contribution in [0.25, 0.3) is 21.8 Å². The molecule has 0 saturated carbocycles. The van der Waals surface area contributed by atoms with Crippen molar-refractivity contribution in [1.82, 2.24) is 9.47 Å². The highest BCUT2D eigenvalue weighted by Crippen LogP contribution is 2.30. The molecule has 1 aromatic heterocycles. The molecule has 1 saturated heterocycles. The lowest BCUT2D eigenvalue weighted by atomic mass is 10.0. The summed E-state index contributed by atoms with van der Waals surface area (Å²) in [5, 5.41) is 28.1. The van der Waals surface area contributed by atoms with Crippen LogP contribution < -0.4 is 10.6 Å². The third-order valence-corrected chi connectivity index (χ3v) is 6.78. The maximum Gasteiger partial charge on any atom is 0.238 e. The Morgan fingerprint density at radius 1 is 1.00 bits per heavy atom. The topological polar surface area (TPSA) is 89.8 Å². The lowest BCUT2D eigenvalue weighted by molar-refractivity contribution is -0.117. The highest BCUT2D eigenvalue weighted by atomic mass is 16.3. The number of hydrogen-bond donors (Lipinski definition) is 4. The summed E-state index contributed by atoms with van der Waals surface area (Å²) < 4.78 is 2.18. The number of nitrogens with one attached hydrogen (secondary N) is 2. The maximum atomic E-state index is 12.7. The van der Waals surface area contributed by atoms with E-state index < -0.39 is 0 Å². The zero-order valence-electron chi connectivity index (χ0n) is 19.3. The van der Waals surface area contributed by atoms with Crippen molar-refractivity contribution in [2.45, 2.75) is 25.5 Å². The zero-order chi connectivity index (χ0) is 23.7. The molecule has 7 nitrogen and oxygen atoms in total. The number of hydrogen-bond acceptors (Lipinski definition) is 5. The van der Waals surface area contributed by atoms with Crippen LogP contribution in [0.4, 0.5) is 11.4 Å². The van der Waals surface area contributed by atoms with E-state index in [2.05, 4.69) is 51.4 Å². The molecule has 3 aromatic carbocycles. The molecule has 0 aliphatic carbocycles. The zero-order valence-corrected chi connectivity index (χ0v) is 19.3. The van der Waals surface area contributed by atoms with E-state index in [1.165, 1.54) is 10.9 Å². The second kappa shape index (κ2) is 9.37. The molecule has 4 aromatic rings. The number of fused-ring (bicyclic) bond motifs is 3. The quantitative estimate of drug-likeness (QED) is 0.350. The van der Waals surface area contributed by atoms with Crippen molar-refractivity contribution < 1.29 is 15.0 Å². The second-order valence-electron chi connectivity index (χ2n) is 9.05. The summed E-state index contributed by atoms with van der Waals surface area (Å²) in [5.41, 5.74) is 4.66. The third kappa shape index (κ3) is 4.44. The Morgan fingerprint density at radius 3 is 2.56 bits per heavy atom. The number of para-hydroxylation sites is 1. The summed E-state index contributed by atoms with van der Waals surface area (Å²) >= 11 is 0. The Bertz CT molecular complexity index is 1340. The van der Waals surface area contributed by atoms with E-state index in [9.17, 15) is 15.0 Å². The molecule has 0 bridgehead atoms. The number of rotatable bonds is 6. The van der Waals surface area contributed by atoms with Crippen molar-refractivity contribution >= 4 is 39.1 Å². The van der Waals surface area contributed by atoms with Crippen molar-refractivity contribution in [2.75, 3.05) is 30.3 Å². The van der Waals surface area contributed by atoms with Gasteiger partial charge in [-0.3, -0.25) is 9.69 Å². The average Bonchev–Trinajstić information content (AvgIpc) is 3.12. The van der Waals surface area contributed by atoms with Crippen LogP contribution in [-0.4, -0.2) is 51.3 Å². The molecular formula is C27H30N4O3. The van der Waals surface area contributed by atoms with Crippen molar-refractivity contribution in [1.29, 1.82) is 0 Å². The Kier molecular flexibility index (Phi) is 6.13. The molecule has 1 amide bonds. The number of benzene rings is 3. The molecule has 5 rings (SSSR count). The molecular weight excluding hydrogens is 428 g/mol. The summed E-state index contributed by atoms with van der Waals surface area (Å²) in [5.74, 6) is 0.164. The fraction of sp³-hybridized carbons (Fsp3) is 0.296. The highest BCUT2D eigenvalue weighted by molar-refractivity contribution is 6.09. The van der Waals surface area contributed by atoms with Crippen LogP contribution in [0.5, 0.6) is 5.75 Å². The lowest BCUT2D eigenvalue weighted by Gasteiger charge is -2.32. The molecule has 4 N–H and O–H groups in total. The number of phenols is 1. The van der Waals surface area contributed by atoms with E-state index in [0.29, 0.717) is 6.54 Å². The number of aliphatic hydroxyl groups is 1. The van der Waals surface area contributed by atoms with Gasteiger partial charge in [0.1, 0.15) is 5.75 Å². The molecule has 0 atom stereocenters. The van der Waals surface area contributed by atoms with Crippen LogP contribution in [0, 0.1) is 0 Å². The van der Waals surface area contributed by atoms with Gasteiger partial charge in [-0.1, -0.05) is 24.3 Å². The SMILES string of the molecule is Cn1c2ccccc2c2cc(NC(=O)CN3CCC(Nc4cc(O)ccc4CO)CC3)ccc21. The first-order chi connectivity index (χ1) is 16.5. The summed E-state index contributed by atoms with van der Waals surface area (Å²) in [7, 11) is 2.06. The van der Waals surface area contributed by atoms with Gasteiger partial charge in [-0.15, -0.1) is 0 Å². The first-order valence-corrected chi connectivity index (χ1v) is 11.7. The normalized spacial score (nSPS) is 15.1. The number of piperidine rings is 1. The Balaban J connectivity index is 1.18. The largest absolute Gasteiger partial charge is 0.508 e. The molecule has 34 heavy (non-hydrogen) atoms. The minimum atomic E-state index is -0.0772. The minimum absolute atomic E-state index is 0.0125. The number of aromatic nitrogens is 1. The second-order valence-corrected chi connectivity index (χ2v) is 9.05. The van der Waals surface area contributed by atoms with Gasteiger partial charge in [-0.05, 0) is 43.2 Å². The Labute approximate surface area is 198 Å². The Morgan fingerprint density at radius 2 is 1.76 bits per heavy atom. The van der Waals surface area contributed by atoms with Crippen LogP contribution >= 0.6 is 0 Å². The standard InChI is InChI=1S/C27H30N4O3/c1-30-25-5-3-2-4-22(25)23-14-20(7-9-26(23)30)29-27(34)16-31-12-10-19(11-13-31)28-24-15-21(33)8-6-18(24)17-32/h2-9,14-15,19,28,32-33H,10-13,16-17H2,1H3,(H,29,34). The number of nitrogens with zero attached hydrogens (tertiary/aromatic N) is 2. The van der Waals surface area contributed by atoms with Gasteiger partial charge in [0, 0.05) is 71.0 Å². The van der Waals surface area contributed by atoms with Crippen LogP contribution in [0.15, 0.2) is 60.7 Å². The number of aryl methyl sites for hydroxylation is 1.